The van der Waals surface area contributed by atoms with Crippen molar-refractivity contribution in [3.05, 3.63) is 108 Å². The highest BCUT2D eigenvalue weighted by Crippen LogP contribution is 2.35. The van der Waals surface area contributed by atoms with E-state index < -0.39 is 24.9 Å². The molecule has 1 aliphatic heterocycles. The number of aromatic nitrogens is 4. The Morgan fingerprint density at radius 1 is 0.895 bits per heavy atom. The molecule has 0 radical (unpaired) electrons. The molecule has 4 aromatic carbocycles. The summed E-state index contributed by atoms with van der Waals surface area (Å²) in [6, 6.07) is 22.9. The molecule has 1 saturated heterocycles. The summed E-state index contributed by atoms with van der Waals surface area (Å²) in [7, 11) is 3.37. The number of alkyl halides is 4. The van der Waals surface area contributed by atoms with Gasteiger partial charge in [0.1, 0.15) is 47.8 Å². The first-order valence-electron chi connectivity index (χ1n) is 24.9. The van der Waals surface area contributed by atoms with Crippen LogP contribution in [0.2, 0.25) is 0 Å². The Kier molecular flexibility index (Phi) is 18.6. The zero-order chi connectivity index (χ0) is 53.6. The van der Waals surface area contributed by atoms with Crippen LogP contribution in [0.15, 0.2) is 89.7 Å². The largest absolute Gasteiger partial charge is 0.494 e. The number of halogens is 4. The number of nitrogen functional groups attached to an aromatic ring is 1. The monoisotopic (exact) mass is 1050 g/mol. The number of hydrogen-bond donors (Lipinski definition) is 4. The first kappa shape index (κ1) is 54.7. The van der Waals surface area contributed by atoms with Gasteiger partial charge >= 0.3 is 6.18 Å². The van der Waals surface area contributed by atoms with Gasteiger partial charge in [0.15, 0.2) is 6.61 Å². The number of nitrogens with two attached hydrogens (primary N) is 1. The Balaban J connectivity index is 0.678. The van der Waals surface area contributed by atoms with Crippen molar-refractivity contribution < 1.29 is 55.3 Å². The molecule has 1 aliphatic rings. The lowest BCUT2D eigenvalue weighted by atomic mass is 10.0. The number of amides is 1. The summed E-state index contributed by atoms with van der Waals surface area (Å²) in [6.45, 7) is 6.63. The van der Waals surface area contributed by atoms with Crippen LogP contribution in [-0.2, 0) is 32.1 Å². The standard InChI is InChI=1S/C55H63F4N9O8/c1-36-53(37(2)76-65-36)39-27-45(60)54-50(28-39)67(35-63-54)31-38-8-5-10-41(26-38)75-33-52(69)62-17-19-71-20-21-72-22-23-73-24-25-74-42-13-14-48(51(30-42)70-4)61-16-7-9-40-29-43-46(64-47-15-18-66(3)32-44(47)56)11-6-12-49(43)68(40)34-55(57,58)59/h5-6,8,10-14,26-30,35,44,47,61,64H,15-25,31-34,60H2,1-4H3,(H,62,69). The van der Waals surface area contributed by atoms with Crippen LogP contribution in [-0.4, -0.2) is 142 Å². The maximum atomic E-state index is 14.9. The van der Waals surface area contributed by atoms with Crippen molar-refractivity contribution in [2.75, 3.05) is 110 Å². The first-order chi connectivity index (χ1) is 36.7. The van der Waals surface area contributed by atoms with E-state index in [4.69, 9.17) is 38.7 Å². The van der Waals surface area contributed by atoms with E-state index in [1.807, 2.05) is 60.7 Å². The smallest absolute Gasteiger partial charge is 0.406 e. The molecule has 404 valence electrons. The van der Waals surface area contributed by atoms with Gasteiger partial charge in [-0.25, -0.2) is 9.37 Å². The number of ether oxygens (including phenoxy) is 6. The van der Waals surface area contributed by atoms with Crippen LogP contribution in [0.3, 0.4) is 0 Å². The van der Waals surface area contributed by atoms with Gasteiger partial charge in [0.2, 0.25) is 0 Å². The second-order valence-corrected chi connectivity index (χ2v) is 18.3. The van der Waals surface area contributed by atoms with E-state index in [0.717, 1.165) is 32.5 Å². The molecule has 3 aromatic heterocycles. The number of likely N-dealkylation sites (tertiary alicyclic amines) is 1. The number of carbonyl (C=O) groups is 1. The molecule has 0 bridgehead atoms. The number of piperidine rings is 1. The zero-order valence-electron chi connectivity index (χ0n) is 42.9. The Bertz CT molecular complexity index is 3110. The lowest BCUT2D eigenvalue weighted by Gasteiger charge is -2.33. The summed E-state index contributed by atoms with van der Waals surface area (Å²) < 4.78 is 98.7. The van der Waals surface area contributed by atoms with Gasteiger partial charge in [-0.15, -0.1) is 0 Å². The maximum Gasteiger partial charge on any atom is 0.406 e. The summed E-state index contributed by atoms with van der Waals surface area (Å²) in [5.41, 5.74) is 13.8. The highest BCUT2D eigenvalue weighted by atomic mass is 19.4. The van der Waals surface area contributed by atoms with E-state index in [9.17, 15) is 22.4 Å². The lowest BCUT2D eigenvalue weighted by molar-refractivity contribution is -0.140. The number of rotatable bonds is 25. The number of aryl methyl sites for hydroxylation is 2. The summed E-state index contributed by atoms with van der Waals surface area (Å²) in [6.07, 6.45) is -3.27. The van der Waals surface area contributed by atoms with E-state index in [1.54, 1.807) is 54.9 Å². The quantitative estimate of drug-likeness (QED) is 0.0187. The average Bonchev–Trinajstić information content (AvgIpc) is 4.11. The predicted molar refractivity (Wildman–Crippen MR) is 282 cm³/mol. The van der Waals surface area contributed by atoms with Gasteiger partial charge < -0.3 is 68.7 Å². The van der Waals surface area contributed by atoms with Crippen molar-refractivity contribution in [3.8, 4) is 40.2 Å². The molecular formula is C55H63F4N9O8. The molecule has 17 nitrogen and oxygen atoms in total. The topological polar surface area (TPSA) is 187 Å². The van der Waals surface area contributed by atoms with Crippen molar-refractivity contribution in [2.45, 2.75) is 51.7 Å². The van der Waals surface area contributed by atoms with Crippen LogP contribution >= 0.6 is 0 Å². The van der Waals surface area contributed by atoms with Crippen molar-refractivity contribution in [2.24, 2.45) is 0 Å². The van der Waals surface area contributed by atoms with Gasteiger partial charge in [-0.05, 0) is 99.0 Å². The molecule has 7 aromatic rings. The maximum absolute atomic E-state index is 14.9. The fraction of sp³-hybridized carbons (Fsp3) is 0.400. The molecule has 0 spiro atoms. The summed E-state index contributed by atoms with van der Waals surface area (Å²) >= 11 is 0. The number of hydrogen-bond acceptors (Lipinski definition) is 14. The molecule has 76 heavy (non-hydrogen) atoms. The van der Waals surface area contributed by atoms with Crippen molar-refractivity contribution in [3.63, 3.8) is 0 Å². The van der Waals surface area contributed by atoms with E-state index in [-0.39, 0.29) is 37.9 Å². The molecule has 5 N–H and O–H groups in total. The number of fused-ring (bicyclic) bond motifs is 2. The second kappa shape index (κ2) is 25.8. The molecule has 1 fully saturated rings. The van der Waals surface area contributed by atoms with Crippen LogP contribution in [0.4, 0.5) is 34.6 Å². The molecule has 0 saturated carbocycles. The Morgan fingerprint density at radius 2 is 1.66 bits per heavy atom. The first-order valence-corrected chi connectivity index (χ1v) is 24.9. The molecule has 8 rings (SSSR count). The SMILES string of the molecule is COc1cc(OCCOCCOCCOCCNC(=O)COc2cccc(Cn3cnc4c(N)cc(-c5c(C)noc5C)cc43)c2)ccc1NCC#Cc1cc2c(NC3CCN(C)CC3F)cccc2n1CC(F)(F)F. The summed E-state index contributed by atoms with van der Waals surface area (Å²) in [5, 5.41) is 13.8. The molecule has 2 unspecified atom stereocenters. The third-order valence-electron chi connectivity index (χ3n) is 12.6. The number of imidazole rings is 1. The number of methoxy groups -OCH3 is 1. The van der Waals surface area contributed by atoms with Gasteiger partial charge in [0.05, 0.1) is 99.5 Å². The van der Waals surface area contributed by atoms with Crippen LogP contribution in [0.25, 0.3) is 33.1 Å². The minimum absolute atomic E-state index is 0.113. The van der Waals surface area contributed by atoms with E-state index in [2.05, 4.69) is 37.9 Å². The third kappa shape index (κ3) is 14.7. The second-order valence-electron chi connectivity index (χ2n) is 18.3. The van der Waals surface area contributed by atoms with Gasteiger partial charge in [0, 0.05) is 48.9 Å². The summed E-state index contributed by atoms with van der Waals surface area (Å²) in [5.74, 6) is 7.88. The fourth-order valence-electron chi connectivity index (χ4n) is 8.97. The minimum atomic E-state index is -4.48. The molecule has 21 heteroatoms. The number of nitrogens with zero attached hydrogens (tertiary/aromatic N) is 5. The van der Waals surface area contributed by atoms with Crippen LogP contribution in [0.5, 0.6) is 17.2 Å². The number of nitrogens with one attached hydrogen (secondary N) is 3. The third-order valence-corrected chi connectivity index (χ3v) is 12.6. The van der Waals surface area contributed by atoms with Gasteiger partial charge in [-0.3, -0.25) is 4.79 Å². The summed E-state index contributed by atoms with van der Waals surface area (Å²) in [4.78, 5) is 18.9. The molecule has 1 amide bonds. The normalized spacial score (nSPS) is 14.9. The Labute approximate surface area is 437 Å². The zero-order valence-corrected chi connectivity index (χ0v) is 42.9. The van der Waals surface area contributed by atoms with Crippen molar-refractivity contribution >= 4 is 44.9 Å². The average molecular weight is 1050 g/mol. The molecule has 2 atom stereocenters. The van der Waals surface area contributed by atoms with Gasteiger partial charge in [0.25, 0.3) is 5.91 Å². The van der Waals surface area contributed by atoms with Crippen molar-refractivity contribution in [1.82, 2.24) is 29.5 Å². The van der Waals surface area contributed by atoms with E-state index in [1.165, 1.54) is 7.11 Å². The van der Waals surface area contributed by atoms with E-state index in [0.29, 0.717) is 122 Å². The van der Waals surface area contributed by atoms with Crippen LogP contribution in [0.1, 0.15) is 29.1 Å². The number of benzene rings is 4. The Hall–Kier alpha value is -7.51. The van der Waals surface area contributed by atoms with Gasteiger partial charge in [-0.1, -0.05) is 29.3 Å². The highest BCUT2D eigenvalue weighted by molar-refractivity contribution is 5.94. The molecule has 0 aliphatic carbocycles. The fourth-order valence-corrected chi connectivity index (χ4v) is 8.97. The van der Waals surface area contributed by atoms with E-state index >= 15 is 0 Å². The van der Waals surface area contributed by atoms with Gasteiger partial charge in [-0.2, -0.15) is 13.2 Å². The minimum Gasteiger partial charge on any atom is -0.494 e. The molecule has 4 heterocycles. The number of carbonyl (C=O) groups excluding carboxylic acids is 1. The number of anilines is 3. The predicted octanol–water partition coefficient (Wildman–Crippen LogP) is 8.01. The highest BCUT2D eigenvalue weighted by Gasteiger charge is 2.31. The lowest BCUT2D eigenvalue weighted by Crippen LogP contribution is -2.46. The van der Waals surface area contributed by atoms with Crippen LogP contribution < -0.4 is 35.9 Å². The van der Waals surface area contributed by atoms with Crippen LogP contribution in [0, 0.1) is 25.7 Å². The Morgan fingerprint density at radius 3 is 2.41 bits per heavy atom. The molecular weight excluding hydrogens is 991 g/mol. The van der Waals surface area contributed by atoms with Crippen molar-refractivity contribution in [1.29, 1.82) is 0 Å².